The number of ether oxygens (including phenoxy) is 2. The van der Waals surface area contributed by atoms with Gasteiger partial charge in [-0.15, -0.1) is 0 Å². The van der Waals surface area contributed by atoms with Crippen molar-refractivity contribution < 1.29 is 35.9 Å². The molecule has 1 saturated heterocycles. The van der Waals surface area contributed by atoms with Gasteiger partial charge in [0.2, 0.25) is 10.0 Å². The van der Waals surface area contributed by atoms with Crippen LogP contribution in [0.5, 0.6) is 5.75 Å². The molecule has 1 aliphatic heterocycles. The fraction of sp³-hybridized carbons (Fsp3) is 0.316. The number of carbonyl (C=O) groups excluding carboxylic acids is 1. The van der Waals surface area contributed by atoms with E-state index in [0.29, 0.717) is 0 Å². The summed E-state index contributed by atoms with van der Waals surface area (Å²) in [6.07, 6.45) is -4.55. The van der Waals surface area contributed by atoms with Crippen molar-refractivity contribution >= 4 is 33.2 Å². The van der Waals surface area contributed by atoms with Crippen LogP contribution in [0.1, 0.15) is 5.56 Å². The van der Waals surface area contributed by atoms with Crippen LogP contribution in [-0.4, -0.2) is 51.5 Å². The zero-order valence-corrected chi connectivity index (χ0v) is 17.6. The van der Waals surface area contributed by atoms with Crippen molar-refractivity contribution in [1.29, 1.82) is 0 Å². The van der Waals surface area contributed by atoms with E-state index in [9.17, 15) is 26.4 Å². The number of nitrogens with one attached hydrogen (secondary N) is 1. The van der Waals surface area contributed by atoms with Crippen LogP contribution in [0, 0.1) is 0 Å². The van der Waals surface area contributed by atoms with Gasteiger partial charge in [-0.1, -0.05) is 17.7 Å². The number of amides is 1. The first-order valence-electron chi connectivity index (χ1n) is 9.05. The van der Waals surface area contributed by atoms with Crippen LogP contribution in [0.4, 0.5) is 18.9 Å². The Morgan fingerprint density at radius 2 is 1.87 bits per heavy atom. The van der Waals surface area contributed by atoms with Gasteiger partial charge in [0, 0.05) is 23.8 Å². The van der Waals surface area contributed by atoms with Gasteiger partial charge in [0.05, 0.1) is 18.8 Å². The molecular weight excluding hydrogens is 461 g/mol. The average molecular weight is 479 g/mol. The highest BCUT2D eigenvalue weighted by Crippen LogP contribution is 2.31. The number of benzene rings is 2. The Bertz CT molecular complexity index is 1060. The number of hydrogen-bond acceptors (Lipinski definition) is 5. The van der Waals surface area contributed by atoms with Crippen LogP contribution in [-0.2, 0) is 25.7 Å². The Hall–Kier alpha value is -2.34. The molecule has 0 aromatic heterocycles. The molecular formula is C19H18ClF3N2O5S. The highest BCUT2D eigenvalue weighted by atomic mass is 35.5. The third-order valence-corrected chi connectivity index (χ3v) is 6.48. The minimum atomic E-state index is -4.55. The molecule has 2 aromatic carbocycles. The van der Waals surface area contributed by atoms with Crippen molar-refractivity contribution in [2.45, 2.75) is 11.1 Å². The van der Waals surface area contributed by atoms with Crippen LogP contribution in [0.15, 0.2) is 47.4 Å². The van der Waals surface area contributed by atoms with Crippen molar-refractivity contribution in [3.05, 3.63) is 53.1 Å². The van der Waals surface area contributed by atoms with E-state index in [0.717, 1.165) is 18.2 Å². The topological polar surface area (TPSA) is 84.9 Å². The van der Waals surface area contributed by atoms with Crippen molar-refractivity contribution in [3.8, 4) is 5.75 Å². The van der Waals surface area contributed by atoms with E-state index in [1.807, 2.05) is 0 Å². The Morgan fingerprint density at radius 3 is 2.55 bits per heavy atom. The average Bonchev–Trinajstić information content (AvgIpc) is 2.73. The van der Waals surface area contributed by atoms with Crippen LogP contribution >= 0.6 is 11.6 Å². The molecule has 7 nitrogen and oxygen atoms in total. The molecule has 0 radical (unpaired) electrons. The third kappa shape index (κ3) is 5.88. The number of nitrogens with zero attached hydrogens (tertiary/aromatic N) is 1. The normalized spacial score (nSPS) is 15.5. The molecule has 1 heterocycles. The Balaban J connectivity index is 1.73. The van der Waals surface area contributed by atoms with Gasteiger partial charge in [0.1, 0.15) is 10.6 Å². The summed E-state index contributed by atoms with van der Waals surface area (Å²) in [6, 6.07) is 8.05. The number of carbonyl (C=O) groups is 1. The molecule has 0 bridgehead atoms. The Kier molecular flexibility index (Phi) is 7.10. The summed E-state index contributed by atoms with van der Waals surface area (Å²) in [5.74, 6) is -0.862. The van der Waals surface area contributed by atoms with E-state index in [-0.39, 0.29) is 47.7 Å². The van der Waals surface area contributed by atoms with E-state index in [1.54, 1.807) is 0 Å². The summed E-state index contributed by atoms with van der Waals surface area (Å²) < 4.78 is 76.1. The lowest BCUT2D eigenvalue weighted by Crippen LogP contribution is -2.40. The van der Waals surface area contributed by atoms with E-state index < -0.39 is 34.3 Å². The second-order valence-corrected chi connectivity index (χ2v) is 8.87. The predicted molar refractivity (Wildman–Crippen MR) is 107 cm³/mol. The van der Waals surface area contributed by atoms with E-state index in [4.69, 9.17) is 21.1 Å². The fourth-order valence-corrected chi connectivity index (χ4v) is 4.64. The molecule has 0 atom stereocenters. The smallest absolute Gasteiger partial charge is 0.416 e. The lowest BCUT2D eigenvalue weighted by atomic mass is 10.2. The number of rotatable bonds is 6. The Morgan fingerprint density at radius 1 is 1.16 bits per heavy atom. The molecule has 1 N–H and O–H groups in total. The second-order valence-electron chi connectivity index (χ2n) is 6.52. The lowest BCUT2D eigenvalue weighted by molar-refractivity contribution is -0.137. The largest absolute Gasteiger partial charge is 0.482 e. The summed E-state index contributed by atoms with van der Waals surface area (Å²) in [5, 5.41) is 2.45. The van der Waals surface area contributed by atoms with Crippen LogP contribution in [0.25, 0.3) is 0 Å². The molecule has 0 unspecified atom stereocenters. The van der Waals surface area contributed by atoms with Gasteiger partial charge in [-0.05, 0) is 36.4 Å². The van der Waals surface area contributed by atoms with Gasteiger partial charge in [0.25, 0.3) is 5.91 Å². The van der Waals surface area contributed by atoms with Gasteiger partial charge in [-0.2, -0.15) is 17.5 Å². The first-order valence-corrected chi connectivity index (χ1v) is 10.9. The number of anilines is 1. The zero-order chi connectivity index (χ0) is 22.6. The lowest BCUT2D eigenvalue weighted by Gasteiger charge is -2.26. The van der Waals surface area contributed by atoms with E-state index >= 15 is 0 Å². The van der Waals surface area contributed by atoms with Crippen molar-refractivity contribution in [2.24, 2.45) is 0 Å². The molecule has 0 saturated carbocycles. The highest BCUT2D eigenvalue weighted by molar-refractivity contribution is 7.89. The van der Waals surface area contributed by atoms with Crippen LogP contribution in [0.2, 0.25) is 5.02 Å². The van der Waals surface area contributed by atoms with E-state index in [2.05, 4.69) is 5.32 Å². The number of alkyl halides is 3. The maximum atomic E-state index is 13.0. The molecule has 1 amide bonds. The van der Waals surface area contributed by atoms with Gasteiger partial charge in [0.15, 0.2) is 6.61 Å². The quantitative estimate of drug-likeness (QED) is 0.688. The summed E-state index contributed by atoms with van der Waals surface area (Å²) >= 11 is 5.95. The number of hydrogen-bond donors (Lipinski definition) is 1. The second kappa shape index (κ2) is 9.43. The van der Waals surface area contributed by atoms with Crippen molar-refractivity contribution in [2.75, 3.05) is 38.2 Å². The molecule has 1 aliphatic rings. The standard InChI is InChI=1S/C19H18ClF3N2O5S/c20-14-4-5-16(17(11-14)31(27,28)25-6-8-29-9-7-25)30-12-18(26)24-15-3-1-2-13(10-15)19(21,22)23/h1-5,10-11H,6-9,12H2,(H,24,26). The maximum Gasteiger partial charge on any atom is 0.416 e. The van der Waals surface area contributed by atoms with Gasteiger partial charge >= 0.3 is 6.18 Å². The molecule has 1 fully saturated rings. The molecule has 31 heavy (non-hydrogen) atoms. The van der Waals surface area contributed by atoms with E-state index in [1.165, 1.54) is 28.6 Å². The van der Waals surface area contributed by atoms with Crippen LogP contribution in [0.3, 0.4) is 0 Å². The van der Waals surface area contributed by atoms with Crippen molar-refractivity contribution in [3.63, 3.8) is 0 Å². The summed E-state index contributed by atoms with van der Waals surface area (Å²) in [6.45, 7) is 0.183. The molecule has 0 spiro atoms. The minimum absolute atomic E-state index is 0.0688. The predicted octanol–water partition coefficient (Wildman–Crippen LogP) is 3.40. The molecule has 0 aliphatic carbocycles. The zero-order valence-electron chi connectivity index (χ0n) is 16.0. The highest BCUT2D eigenvalue weighted by Gasteiger charge is 2.31. The van der Waals surface area contributed by atoms with Gasteiger partial charge < -0.3 is 14.8 Å². The summed E-state index contributed by atoms with van der Waals surface area (Å²) in [7, 11) is -3.96. The Labute approximate surface area is 181 Å². The first-order chi connectivity index (χ1) is 14.6. The maximum absolute atomic E-state index is 13.0. The molecule has 3 rings (SSSR count). The SMILES string of the molecule is O=C(COc1ccc(Cl)cc1S(=O)(=O)N1CCOCC1)Nc1cccc(C(F)(F)F)c1. The monoisotopic (exact) mass is 478 g/mol. The number of halogens is 4. The van der Waals surface area contributed by atoms with Gasteiger partial charge in [-0.3, -0.25) is 4.79 Å². The molecule has 168 valence electrons. The molecule has 2 aromatic rings. The third-order valence-electron chi connectivity index (χ3n) is 4.33. The fourth-order valence-electron chi connectivity index (χ4n) is 2.84. The molecule has 12 heteroatoms. The first kappa shape index (κ1) is 23.3. The van der Waals surface area contributed by atoms with Crippen molar-refractivity contribution in [1.82, 2.24) is 4.31 Å². The summed E-state index contributed by atoms with van der Waals surface area (Å²) in [5.41, 5.74) is -0.983. The minimum Gasteiger partial charge on any atom is -0.482 e. The summed E-state index contributed by atoms with van der Waals surface area (Å²) in [4.78, 5) is 11.9. The number of sulfonamides is 1. The van der Waals surface area contributed by atoms with Crippen LogP contribution < -0.4 is 10.1 Å². The van der Waals surface area contributed by atoms with Gasteiger partial charge in [-0.25, -0.2) is 8.42 Å². The number of morpholine rings is 1.